The zero-order valence-electron chi connectivity index (χ0n) is 14.7. The van der Waals surface area contributed by atoms with E-state index in [0.29, 0.717) is 5.41 Å². The molecule has 1 atom stereocenters. The molecule has 2 heterocycles. The smallest absolute Gasteiger partial charge is 0.0472 e. The van der Waals surface area contributed by atoms with Crippen LogP contribution in [0.5, 0.6) is 0 Å². The van der Waals surface area contributed by atoms with Gasteiger partial charge in [-0.05, 0) is 66.1 Å². The number of nitrogens with one attached hydrogen (secondary N) is 1. The second kappa shape index (κ2) is 6.95. The van der Waals surface area contributed by atoms with Crippen LogP contribution in [-0.2, 0) is 4.74 Å². The van der Waals surface area contributed by atoms with Crippen LogP contribution in [0.15, 0.2) is 0 Å². The van der Waals surface area contributed by atoms with Crippen LogP contribution in [-0.4, -0.2) is 74.9 Å². The Labute approximate surface area is 131 Å². The summed E-state index contributed by atoms with van der Waals surface area (Å²) in [6.45, 7) is 13.5. The molecule has 21 heavy (non-hydrogen) atoms. The Morgan fingerprint density at radius 2 is 1.90 bits per heavy atom. The molecule has 0 bridgehead atoms. The van der Waals surface area contributed by atoms with Gasteiger partial charge in [-0.15, -0.1) is 0 Å². The van der Waals surface area contributed by atoms with Gasteiger partial charge >= 0.3 is 0 Å². The van der Waals surface area contributed by atoms with Gasteiger partial charge in [-0.1, -0.05) is 0 Å². The van der Waals surface area contributed by atoms with Crippen LogP contribution in [0.2, 0.25) is 0 Å². The van der Waals surface area contributed by atoms with Gasteiger partial charge < -0.3 is 19.9 Å². The number of ether oxygens (including phenoxy) is 1. The molecule has 2 aliphatic heterocycles. The van der Waals surface area contributed by atoms with Crippen molar-refractivity contribution in [2.24, 2.45) is 5.41 Å². The van der Waals surface area contributed by atoms with Crippen molar-refractivity contribution in [1.29, 1.82) is 0 Å². The highest BCUT2D eigenvalue weighted by Gasteiger charge is 2.37. The molecule has 0 radical (unpaired) electrons. The largest absolute Gasteiger partial charge is 0.381 e. The monoisotopic (exact) mass is 297 g/mol. The summed E-state index contributed by atoms with van der Waals surface area (Å²) in [4.78, 5) is 5.06. The zero-order chi connectivity index (χ0) is 15.5. The number of hydrogen-bond donors (Lipinski definition) is 1. The van der Waals surface area contributed by atoms with Crippen LogP contribution in [0, 0.1) is 5.41 Å². The molecule has 0 aliphatic carbocycles. The Kier molecular flexibility index (Phi) is 5.69. The maximum Gasteiger partial charge on any atom is 0.0472 e. The SMILES string of the molecule is CN(C)C1CCN(CC2(CNC(C)(C)C)CCOCC2)C1. The first kappa shape index (κ1) is 17.2. The summed E-state index contributed by atoms with van der Waals surface area (Å²) >= 11 is 0. The molecule has 4 heteroatoms. The molecule has 0 aromatic rings. The summed E-state index contributed by atoms with van der Waals surface area (Å²) in [5.74, 6) is 0. The van der Waals surface area contributed by atoms with Crippen LogP contribution in [0.4, 0.5) is 0 Å². The lowest BCUT2D eigenvalue weighted by atomic mass is 9.79. The Bertz CT molecular complexity index is 318. The number of rotatable bonds is 5. The van der Waals surface area contributed by atoms with Gasteiger partial charge in [-0.3, -0.25) is 0 Å². The molecule has 1 unspecified atom stereocenters. The van der Waals surface area contributed by atoms with Crippen molar-refractivity contribution in [2.45, 2.75) is 51.6 Å². The highest BCUT2D eigenvalue weighted by molar-refractivity contribution is 4.92. The zero-order valence-corrected chi connectivity index (χ0v) is 14.7. The lowest BCUT2D eigenvalue weighted by Crippen LogP contribution is -2.51. The van der Waals surface area contributed by atoms with Gasteiger partial charge in [0, 0.05) is 44.4 Å². The summed E-state index contributed by atoms with van der Waals surface area (Å²) in [5.41, 5.74) is 0.592. The van der Waals surface area contributed by atoms with E-state index in [0.717, 1.165) is 25.8 Å². The van der Waals surface area contributed by atoms with Crippen molar-refractivity contribution >= 4 is 0 Å². The van der Waals surface area contributed by atoms with E-state index >= 15 is 0 Å². The minimum Gasteiger partial charge on any atom is -0.381 e. The summed E-state index contributed by atoms with van der Waals surface area (Å²) in [6, 6.07) is 0.734. The predicted molar refractivity (Wildman–Crippen MR) is 88.8 cm³/mol. The van der Waals surface area contributed by atoms with Gasteiger partial charge in [0.25, 0.3) is 0 Å². The summed E-state index contributed by atoms with van der Waals surface area (Å²) < 4.78 is 5.63. The van der Waals surface area contributed by atoms with Gasteiger partial charge in [-0.2, -0.15) is 0 Å². The van der Waals surface area contributed by atoms with Gasteiger partial charge in [0.15, 0.2) is 0 Å². The number of likely N-dealkylation sites (N-methyl/N-ethyl adjacent to an activating group) is 1. The Morgan fingerprint density at radius 3 is 2.43 bits per heavy atom. The molecule has 124 valence electrons. The molecule has 0 amide bonds. The Morgan fingerprint density at radius 1 is 1.24 bits per heavy atom. The van der Waals surface area contributed by atoms with Crippen LogP contribution in [0.1, 0.15) is 40.0 Å². The minimum absolute atomic E-state index is 0.197. The first-order valence-electron chi connectivity index (χ1n) is 8.51. The molecule has 2 aliphatic rings. The van der Waals surface area contributed by atoms with Crippen LogP contribution < -0.4 is 5.32 Å². The topological polar surface area (TPSA) is 27.7 Å². The van der Waals surface area contributed by atoms with Gasteiger partial charge in [0.05, 0.1) is 0 Å². The fraction of sp³-hybridized carbons (Fsp3) is 1.00. The molecule has 2 rings (SSSR count). The van der Waals surface area contributed by atoms with E-state index in [4.69, 9.17) is 4.74 Å². The second-order valence-corrected chi connectivity index (χ2v) is 8.36. The van der Waals surface area contributed by atoms with Gasteiger partial charge in [0.1, 0.15) is 0 Å². The average Bonchev–Trinajstić information content (AvgIpc) is 2.85. The molecule has 1 N–H and O–H groups in total. The second-order valence-electron chi connectivity index (χ2n) is 8.36. The Hall–Kier alpha value is -0.160. The third kappa shape index (κ3) is 5.20. The fourth-order valence-electron chi connectivity index (χ4n) is 3.50. The minimum atomic E-state index is 0.197. The molecular formula is C17H35N3O. The number of hydrogen-bond acceptors (Lipinski definition) is 4. The van der Waals surface area contributed by atoms with E-state index < -0.39 is 0 Å². The first-order chi connectivity index (χ1) is 9.80. The maximum absolute atomic E-state index is 5.63. The van der Waals surface area contributed by atoms with E-state index in [-0.39, 0.29) is 5.54 Å². The quantitative estimate of drug-likeness (QED) is 0.837. The standard InChI is InChI=1S/C17H35N3O/c1-16(2,3)18-13-17(7-10-21-11-8-17)14-20-9-6-15(12-20)19(4)5/h15,18H,6-14H2,1-5H3. The fourth-order valence-corrected chi connectivity index (χ4v) is 3.50. The lowest BCUT2D eigenvalue weighted by molar-refractivity contribution is -0.00438. The number of likely N-dealkylation sites (tertiary alicyclic amines) is 1. The normalized spacial score (nSPS) is 27.4. The summed E-state index contributed by atoms with van der Waals surface area (Å²) in [5, 5.41) is 3.75. The van der Waals surface area contributed by atoms with Crippen molar-refractivity contribution in [3.63, 3.8) is 0 Å². The Balaban J connectivity index is 1.93. The van der Waals surface area contributed by atoms with E-state index in [9.17, 15) is 0 Å². The van der Waals surface area contributed by atoms with Gasteiger partial charge in [-0.25, -0.2) is 0 Å². The predicted octanol–water partition coefficient (Wildman–Crippen LogP) is 1.81. The van der Waals surface area contributed by atoms with E-state index in [1.54, 1.807) is 0 Å². The van der Waals surface area contributed by atoms with Gasteiger partial charge in [0.2, 0.25) is 0 Å². The molecule has 0 spiro atoms. The van der Waals surface area contributed by atoms with E-state index in [1.807, 2.05) is 0 Å². The van der Waals surface area contributed by atoms with Crippen molar-refractivity contribution in [3.8, 4) is 0 Å². The molecular weight excluding hydrogens is 262 g/mol. The average molecular weight is 297 g/mol. The lowest BCUT2D eigenvalue weighted by Gasteiger charge is -2.42. The maximum atomic E-state index is 5.63. The molecule has 2 saturated heterocycles. The van der Waals surface area contributed by atoms with Crippen molar-refractivity contribution in [2.75, 3.05) is 53.5 Å². The van der Waals surface area contributed by atoms with E-state index in [1.165, 1.54) is 38.9 Å². The van der Waals surface area contributed by atoms with Crippen molar-refractivity contribution < 1.29 is 4.74 Å². The summed E-state index contributed by atoms with van der Waals surface area (Å²) in [6.07, 6.45) is 3.70. The van der Waals surface area contributed by atoms with E-state index in [2.05, 4.69) is 50.0 Å². The first-order valence-corrected chi connectivity index (χ1v) is 8.51. The van der Waals surface area contributed by atoms with Crippen LogP contribution in [0.3, 0.4) is 0 Å². The highest BCUT2D eigenvalue weighted by Crippen LogP contribution is 2.33. The highest BCUT2D eigenvalue weighted by atomic mass is 16.5. The molecule has 2 fully saturated rings. The number of nitrogens with zero attached hydrogens (tertiary/aromatic N) is 2. The molecule has 4 nitrogen and oxygen atoms in total. The summed E-state index contributed by atoms with van der Waals surface area (Å²) in [7, 11) is 4.42. The molecule has 0 saturated carbocycles. The third-order valence-electron chi connectivity index (χ3n) is 5.08. The third-order valence-corrected chi connectivity index (χ3v) is 5.08. The van der Waals surface area contributed by atoms with Crippen LogP contribution >= 0.6 is 0 Å². The molecule has 0 aromatic carbocycles. The molecule has 0 aromatic heterocycles. The van der Waals surface area contributed by atoms with Crippen molar-refractivity contribution in [1.82, 2.24) is 15.1 Å². The van der Waals surface area contributed by atoms with Crippen LogP contribution in [0.25, 0.3) is 0 Å². The van der Waals surface area contributed by atoms with Crippen molar-refractivity contribution in [3.05, 3.63) is 0 Å².